The number of rotatable bonds is 4. The van der Waals surface area contributed by atoms with Crippen molar-refractivity contribution in [3.05, 3.63) is 76.0 Å². The molecular weight excluding hydrogens is 361 g/mol. The number of hydrogen-bond acceptors (Lipinski definition) is 4. The van der Waals surface area contributed by atoms with Crippen molar-refractivity contribution in [1.82, 2.24) is 5.43 Å². The molecule has 0 aliphatic carbocycles. The molecule has 1 heterocycles. The number of carbonyl (C=O) groups is 1. The number of benzene rings is 2. The molecule has 1 amide bonds. The SMILES string of the molecule is Nc1ccccc1C(=O)N/N=C\c1ccc(-c2cccc(Cl)c2Cl)o1. The Kier molecular flexibility index (Phi) is 5.07. The normalized spacial score (nSPS) is 11.0. The molecule has 0 atom stereocenters. The van der Waals surface area contributed by atoms with Gasteiger partial charge >= 0.3 is 0 Å². The summed E-state index contributed by atoms with van der Waals surface area (Å²) in [5, 5.41) is 4.73. The van der Waals surface area contributed by atoms with E-state index in [1.807, 2.05) is 0 Å². The molecule has 0 spiro atoms. The first kappa shape index (κ1) is 17.1. The van der Waals surface area contributed by atoms with E-state index in [1.54, 1.807) is 54.6 Å². The number of nitrogens with zero attached hydrogens (tertiary/aromatic N) is 1. The summed E-state index contributed by atoms with van der Waals surface area (Å²) in [5.41, 5.74) is 9.55. The average Bonchev–Trinajstić information content (AvgIpc) is 3.06. The van der Waals surface area contributed by atoms with Crippen LogP contribution in [0.5, 0.6) is 0 Å². The molecule has 5 nitrogen and oxygen atoms in total. The van der Waals surface area contributed by atoms with Gasteiger partial charge in [0.1, 0.15) is 11.5 Å². The minimum atomic E-state index is -0.404. The summed E-state index contributed by atoms with van der Waals surface area (Å²) in [4.78, 5) is 12.0. The lowest BCUT2D eigenvalue weighted by atomic mass is 10.2. The Hall–Kier alpha value is -2.76. The van der Waals surface area contributed by atoms with Crippen LogP contribution in [0.25, 0.3) is 11.3 Å². The van der Waals surface area contributed by atoms with Crippen molar-refractivity contribution in [2.24, 2.45) is 5.10 Å². The Morgan fingerprint density at radius 3 is 2.68 bits per heavy atom. The third kappa shape index (κ3) is 3.84. The fraction of sp³-hybridized carbons (Fsp3) is 0. The van der Waals surface area contributed by atoms with Gasteiger partial charge in [-0.15, -0.1) is 0 Å². The average molecular weight is 374 g/mol. The van der Waals surface area contributed by atoms with Crippen LogP contribution in [0.2, 0.25) is 10.0 Å². The predicted octanol–water partition coefficient (Wildman–Crippen LogP) is 4.60. The Morgan fingerprint density at radius 2 is 1.88 bits per heavy atom. The molecule has 0 saturated carbocycles. The van der Waals surface area contributed by atoms with Gasteiger partial charge in [0.2, 0.25) is 0 Å². The van der Waals surface area contributed by atoms with E-state index in [-0.39, 0.29) is 0 Å². The lowest BCUT2D eigenvalue weighted by Gasteiger charge is -2.02. The van der Waals surface area contributed by atoms with Crippen LogP contribution in [0.4, 0.5) is 5.69 Å². The smallest absolute Gasteiger partial charge is 0.273 e. The van der Waals surface area contributed by atoms with Crippen LogP contribution in [0, 0.1) is 0 Å². The second-order valence-corrected chi connectivity index (χ2v) is 5.87. The maximum atomic E-state index is 12.0. The largest absolute Gasteiger partial charge is 0.455 e. The van der Waals surface area contributed by atoms with Gasteiger partial charge in [0.15, 0.2) is 0 Å². The van der Waals surface area contributed by atoms with Crippen LogP contribution in [0.1, 0.15) is 16.1 Å². The highest BCUT2D eigenvalue weighted by Crippen LogP contribution is 2.34. The van der Waals surface area contributed by atoms with Crippen molar-refractivity contribution in [3.63, 3.8) is 0 Å². The number of hydrogen-bond donors (Lipinski definition) is 2. The highest BCUT2D eigenvalue weighted by molar-refractivity contribution is 6.43. The molecule has 3 rings (SSSR count). The highest BCUT2D eigenvalue weighted by atomic mass is 35.5. The Morgan fingerprint density at radius 1 is 1.08 bits per heavy atom. The number of para-hydroxylation sites is 1. The van der Waals surface area contributed by atoms with Crippen molar-refractivity contribution in [3.8, 4) is 11.3 Å². The second kappa shape index (κ2) is 7.42. The molecular formula is C18H13Cl2N3O2. The van der Waals surface area contributed by atoms with Gasteiger partial charge in [-0.1, -0.05) is 41.4 Å². The van der Waals surface area contributed by atoms with Crippen LogP contribution in [-0.2, 0) is 0 Å². The van der Waals surface area contributed by atoms with Crippen molar-refractivity contribution >= 4 is 41.0 Å². The first-order valence-corrected chi connectivity index (χ1v) is 8.04. The van der Waals surface area contributed by atoms with Gasteiger partial charge in [-0.25, -0.2) is 5.43 Å². The van der Waals surface area contributed by atoms with Gasteiger partial charge < -0.3 is 10.2 Å². The van der Waals surface area contributed by atoms with Crippen molar-refractivity contribution < 1.29 is 9.21 Å². The Balaban J connectivity index is 1.71. The Bertz CT molecular complexity index is 951. The van der Waals surface area contributed by atoms with Gasteiger partial charge in [-0.3, -0.25) is 4.79 Å². The molecule has 25 heavy (non-hydrogen) atoms. The van der Waals surface area contributed by atoms with E-state index >= 15 is 0 Å². The molecule has 0 fully saturated rings. The molecule has 0 aliphatic heterocycles. The van der Waals surface area contributed by atoms with E-state index in [0.717, 1.165) is 0 Å². The second-order valence-electron chi connectivity index (χ2n) is 5.09. The third-order valence-corrected chi connectivity index (χ3v) is 4.23. The lowest BCUT2D eigenvalue weighted by molar-refractivity contribution is 0.0956. The number of amides is 1. The monoisotopic (exact) mass is 373 g/mol. The summed E-state index contributed by atoms with van der Waals surface area (Å²) >= 11 is 12.2. The quantitative estimate of drug-likeness (QED) is 0.398. The number of nitrogens with one attached hydrogen (secondary N) is 1. The number of nitrogens with two attached hydrogens (primary N) is 1. The number of halogens is 2. The van der Waals surface area contributed by atoms with Gasteiger partial charge in [-0.2, -0.15) is 5.10 Å². The topological polar surface area (TPSA) is 80.6 Å². The summed E-state index contributed by atoms with van der Waals surface area (Å²) in [6.07, 6.45) is 1.39. The standard InChI is InChI=1S/C18H13Cl2N3O2/c19-14-6-3-5-13(17(14)20)16-9-8-11(25-16)10-22-23-18(24)12-4-1-2-7-15(12)21/h1-10H,21H2,(H,23,24)/b22-10-. The number of furan rings is 1. The van der Waals surface area contributed by atoms with Crippen molar-refractivity contribution in [2.45, 2.75) is 0 Å². The zero-order chi connectivity index (χ0) is 17.8. The lowest BCUT2D eigenvalue weighted by Crippen LogP contribution is -2.18. The number of hydrazone groups is 1. The fourth-order valence-corrected chi connectivity index (χ4v) is 2.57. The number of anilines is 1. The van der Waals surface area contributed by atoms with Crippen LogP contribution >= 0.6 is 23.2 Å². The van der Waals surface area contributed by atoms with Gasteiger partial charge in [-0.05, 0) is 36.4 Å². The minimum absolute atomic E-state index is 0.352. The molecule has 126 valence electrons. The van der Waals surface area contributed by atoms with Crippen LogP contribution in [0.3, 0.4) is 0 Å². The van der Waals surface area contributed by atoms with E-state index in [4.69, 9.17) is 33.4 Å². The van der Waals surface area contributed by atoms with E-state index in [0.29, 0.717) is 38.4 Å². The zero-order valence-corrected chi connectivity index (χ0v) is 14.4. The van der Waals surface area contributed by atoms with E-state index in [2.05, 4.69) is 10.5 Å². The van der Waals surface area contributed by atoms with Crippen LogP contribution in [0.15, 0.2) is 64.1 Å². The first-order chi connectivity index (χ1) is 12.1. The van der Waals surface area contributed by atoms with Crippen molar-refractivity contribution in [2.75, 3.05) is 5.73 Å². The first-order valence-electron chi connectivity index (χ1n) is 7.28. The molecule has 0 unspecified atom stereocenters. The van der Waals surface area contributed by atoms with Gasteiger partial charge in [0.25, 0.3) is 5.91 Å². The molecule has 0 radical (unpaired) electrons. The zero-order valence-electron chi connectivity index (χ0n) is 12.9. The molecule has 2 aromatic carbocycles. The maximum absolute atomic E-state index is 12.0. The molecule has 7 heteroatoms. The maximum Gasteiger partial charge on any atom is 0.273 e. The summed E-state index contributed by atoms with van der Waals surface area (Å²) < 4.78 is 5.65. The molecule has 3 N–H and O–H groups in total. The Labute approximate surface area is 154 Å². The minimum Gasteiger partial charge on any atom is -0.455 e. The summed E-state index contributed by atoms with van der Waals surface area (Å²) in [6.45, 7) is 0. The molecule has 3 aromatic rings. The molecule has 0 saturated heterocycles. The van der Waals surface area contributed by atoms with Crippen molar-refractivity contribution in [1.29, 1.82) is 0 Å². The molecule has 0 bridgehead atoms. The summed E-state index contributed by atoms with van der Waals surface area (Å²) in [7, 11) is 0. The number of nitrogen functional groups attached to an aromatic ring is 1. The van der Waals surface area contributed by atoms with E-state index < -0.39 is 5.91 Å². The van der Waals surface area contributed by atoms with Gasteiger partial charge in [0, 0.05) is 11.3 Å². The van der Waals surface area contributed by atoms with Gasteiger partial charge in [0.05, 0.1) is 21.8 Å². The fourth-order valence-electron chi connectivity index (χ4n) is 2.18. The third-order valence-electron chi connectivity index (χ3n) is 3.41. The van der Waals surface area contributed by atoms with E-state index in [1.165, 1.54) is 6.21 Å². The molecule has 0 aliphatic rings. The molecule has 1 aromatic heterocycles. The predicted molar refractivity (Wildman–Crippen MR) is 100 cm³/mol. The van der Waals surface area contributed by atoms with E-state index in [9.17, 15) is 4.79 Å². The highest BCUT2D eigenvalue weighted by Gasteiger charge is 2.11. The van der Waals surface area contributed by atoms with Crippen LogP contribution < -0.4 is 11.2 Å². The van der Waals surface area contributed by atoms with Crippen LogP contribution in [-0.4, -0.2) is 12.1 Å². The summed E-state index contributed by atoms with van der Waals surface area (Å²) in [6, 6.07) is 15.5. The summed E-state index contributed by atoms with van der Waals surface area (Å²) in [5.74, 6) is 0.596. The number of carbonyl (C=O) groups excluding carboxylic acids is 1.